The van der Waals surface area contributed by atoms with Gasteiger partial charge in [0.05, 0.1) is 18.0 Å². The third-order valence-electron chi connectivity index (χ3n) is 2.84. The first-order valence-corrected chi connectivity index (χ1v) is 5.70. The van der Waals surface area contributed by atoms with Crippen LogP contribution < -0.4 is 0 Å². The van der Waals surface area contributed by atoms with Crippen molar-refractivity contribution >= 4 is 5.78 Å². The van der Waals surface area contributed by atoms with E-state index >= 15 is 0 Å². The summed E-state index contributed by atoms with van der Waals surface area (Å²) >= 11 is 0. The van der Waals surface area contributed by atoms with Crippen molar-refractivity contribution in [2.24, 2.45) is 0 Å². The van der Waals surface area contributed by atoms with Crippen molar-refractivity contribution in [3.63, 3.8) is 0 Å². The van der Waals surface area contributed by atoms with Gasteiger partial charge in [-0.1, -0.05) is 12.1 Å². The number of aromatic nitrogens is 2. The maximum absolute atomic E-state index is 12.8. The first-order chi connectivity index (χ1) is 9.29. The zero-order valence-electron chi connectivity index (χ0n) is 10.4. The number of alkyl halides is 3. The van der Waals surface area contributed by atoms with Crippen LogP contribution in [-0.4, -0.2) is 15.6 Å². The monoisotopic (exact) mass is 286 g/mol. The van der Waals surface area contributed by atoms with Crippen molar-refractivity contribution in [2.75, 3.05) is 0 Å². The lowest BCUT2D eigenvalue weighted by atomic mass is 10.0. The van der Waals surface area contributed by atoms with Crippen molar-refractivity contribution in [1.29, 1.82) is 0 Å². The Morgan fingerprint density at radius 1 is 1.25 bits per heavy atom. The highest BCUT2D eigenvalue weighted by Crippen LogP contribution is 2.29. The highest BCUT2D eigenvalue weighted by molar-refractivity contribution is 5.98. The Labute approximate surface area is 111 Å². The van der Waals surface area contributed by atoms with Crippen molar-refractivity contribution < 1.29 is 22.4 Å². The summed E-state index contributed by atoms with van der Waals surface area (Å²) in [6.45, 7) is 1.49. The van der Waals surface area contributed by atoms with E-state index < -0.39 is 29.4 Å². The molecule has 1 aromatic heterocycles. The maximum atomic E-state index is 12.8. The average Bonchev–Trinajstić information content (AvgIpc) is 2.83. The fourth-order valence-corrected chi connectivity index (χ4v) is 1.71. The second kappa shape index (κ2) is 5.07. The van der Waals surface area contributed by atoms with Crippen LogP contribution in [0.4, 0.5) is 17.6 Å². The molecule has 7 heteroatoms. The van der Waals surface area contributed by atoms with E-state index in [0.717, 1.165) is 41.3 Å². The number of carbonyl (C=O) groups excluding carboxylic acids is 1. The minimum atomic E-state index is -4.45. The van der Waals surface area contributed by atoms with Gasteiger partial charge in [-0.2, -0.15) is 18.3 Å². The van der Waals surface area contributed by atoms with Gasteiger partial charge < -0.3 is 0 Å². The first-order valence-electron chi connectivity index (χ1n) is 5.70. The molecule has 0 aliphatic carbocycles. The Balaban J connectivity index is 2.21. The molecule has 0 unspecified atom stereocenters. The van der Waals surface area contributed by atoms with Gasteiger partial charge >= 0.3 is 6.18 Å². The Bertz CT molecular complexity index is 616. The molecule has 2 aromatic rings. The highest BCUT2D eigenvalue weighted by atomic mass is 19.4. The summed E-state index contributed by atoms with van der Waals surface area (Å²) in [7, 11) is 0. The van der Waals surface area contributed by atoms with Gasteiger partial charge in [0.1, 0.15) is 6.04 Å². The molecular weight excluding hydrogens is 276 g/mol. The predicted octanol–water partition coefficient (Wildman–Crippen LogP) is 3.48. The average molecular weight is 286 g/mol. The van der Waals surface area contributed by atoms with E-state index in [-0.39, 0.29) is 5.56 Å². The Morgan fingerprint density at radius 2 is 1.85 bits per heavy atom. The molecule has 1 atom stereocenters. The van der Waals surface area contributed by atoms with Crippen LogP contribution in [0.25, 0.3) is 0 Å². The van der Waals surface area contributed by atoms with Gasteiger partial charge in [0.2, 0.25) is 0 Å². The van der Waals surface area contributed by atoms with Gasteiger partial charge in [0, 0.05) is 5.56 Å². The Hall–Kier alpha value is -2.18. The molecule has 1 heterocycles. The highest BCUT2D eigenvalue weighted by Gasteiger charge is 2.30. The fourth-order valence-electron chi connectivity index (χ4n) is 1.71. The Morgan fingerprint density at radius 3 is 2.30 bits per heavy atom. The van der Waals surface area contributed by atoms with Crippen LogP contribution >= 0.6 is 0 Å². The van der Waals surface area contributed by atoms with E-state index in [0.29, 0.717) is 0 Å². The molecule has 0 aliphatic rings. The van der Waals surface area contributed by atoms with E-state index in [1.807, 2.05) is 0 Å². The zero-order chi connectivity index (χ0) is 14.9. The van der Waals surface area contributed by atoms with Crippen molar-refractivity contribution in [3.05, 3.63) is 53.6 Å². The molecule has 0 bridgehead atoms. The van der Waals surface area contributed by atoms with Gasteiger partial charge in [-0.3, -0.25) is 9.48 Å². The molecule has 106 valence electrons. The third kappa shape index (κ3) is 2.87. The number of hydrogen-bond acceptors (Lipinski definition) is 2. The van der Waals surface area contributed by atoms with E-state index in [1.54, 1.807) is 0 Å². The molecule has 0 amide bonds. The summed E-state index contributed by atoms with van der Waals surface area (Å²) in [5.74, 6) is -1.03. The number of Topliss-reactive ketones (excluding diaryl/α,β-unsaturated/α-hetero) is 1. The standard InChI is InChI=1S/C13H10F4N2O/c1-8(19-7-11(14)6-18-19)12(20)9-2-4-10(5-3-9)13(15,16)17/h2-8H,1H3/t8-/m1/s1. The normalized spacial score (nSPS) is 13.2. The topological polar surface area (TPSA) is 34.9 Å². The summed E-state index contributed by atoms with van der Waals surface area (Å²) < 4.78 is 51.2. The van der Waals surface area contributed by atoms with Crippen molar-refractivity contribution in [2.45, 2.75) is 19.1 Å². The quantitative estimate of drug-likeness (QED) is 0.639. The third-order valence-corrected chi connectivity index (χ3v) is 2.84. The van der Waals surface area contributed by atoms with E-state index in [9.17, 15) is 22.4 Å². The smallest absolute Gasteiger partial charge is 0.292 e. The minimum Gasteiger partial charge on any atom is -0.292 e. The van der Waals surface area contributed by atoms with Crippen molar-refractivity contribution in [3.8, 4) is 0 Å². The SMILES string of the molecule is C[C@H](C(=O)c1ccc(C(F)(F)F)cc1)n1cc(F)cn1. The van der Waals surface area contributed by atoms with Crippen LogP contribution in [0.3, 0.4) is 0 Å². The number of ketones is 1. The molecule has 20 heavy (non-hydrogen) atoms. The van der Waals surface area contributed by atoms with Crippen LogP contribution in [0.2, 0.25) is 0 Å². The summed E-state index contributed by atoms with van der Waals surface area (Å²) in [5, 5.41) is 3.66. The number of hydrogen-bond donors (Lipinski definition) is 0. The lowest BCUT2D eigenvalue weighted by molar-refractivity contribution is -0.137. The molecule has 0 radical (unpaired) electrons. The van der Waals surface area contributed by atoms with Gasteiger partial charge in [-0.15, -0.1) is 0 Å². The van der Waals surface area contributed by atoms with E-state index in [2.05, 4.69) is 5.10 Å². The minimum absolute atomic E-state index is 0.112. The maximum Gasteiger partial charge on any atom is 0.416 e. The van der Waals surface area contributed by atoms with Crippen LogP contribution in [0.5, 0.6) is 0 Å². The van der Waals surface area contributed by atoms with E-state index in [1.165, 1.54) is 6.92 Å². The summed E-state index contributed by atoms with van der Waals surface area (Å²) in [4.78, 5) is 12.1. The second-order valence-corrected chi connectivity index (χ2v) is 4.25. The number of carbonyl (C=O) groups is 1. The lowest BCUT2D eigenvalue weighted by Gasteiger charge is -2.12. The second-order valence-electron chi connectivity index (χ2n) is 4.25. The van der Waals surface area contributed by atoms with Crippen LogP contribution in [0.1, 0.15) is 28.9 Å². The number of nitrogens with zero attached hydrogens (tertiary/aromatic N) is 2. The Kier molecular flexibility index (Phi) is 3.61. The first kappa shape index (κ1) is 14.2. The number of benzene rings is 1. The number of halogens is 4. The molecule has 0 saturated carbocycles. The van der Waals surface area contributed by atoms with Gasteiger partial charge in [0.15, 0.2) is 11.6 Å². The molecule has 2 rings (SSSR count). The molecule has 3 nitrogen and oxygen atoms in total. The van der Waals surface area contributed by atoms with Gasteiger partial charge in [-0.25, -0.2) is 4.39 Å². The largest absolute Gasteiger partial charge is 0.416 e. The molecular formula is C13H10F4N2O. The summed E-state index contributed by atoms with van der Waals surface area (Å²) in [5.41, 5.74) is -0.715. The molecule has 1 aromatic carbocycles. The van der Waals surface area contributed by atoms with Crippen molar-refractivity contribution in [1.82, 2.24) is 9.78 Å². The summed E-state index contributed by atoms with van der Waals surface area (Å²) in [6.07, 6.45) is -2.44. The van der Waals surface area contributed by atoms with E-state index in [4.69, 9.17) is 0 Å². The lowest BCUT2D eigenvalue weighted by Crippen LogP contribution is -2.17. The summed E-state index contributed by atoms with van der Waals surface area (Å²) in [6, 6.07) is 3.08. The van der Waals surface area contributed by atoms with Gasteiger partial charge in [-0.05, 0) is 19.1 Å². The molecule has 0 N–H and O–H groups in total. The predicted molar refractivity (Wildman–Crippen MR) is 62.7 cm³/mol. The molecule has 0 saturated heterocycles. The van der Waals surface area contributed by atoms with Crippen LogP contribution in [0.15, 0.2) is 36.7 Å². The molecule has 0 fully saturated rings. The molecule has 0 aliphatic heterocycles. The zero-order valence-corrected chi connectivity index (χ0v) is 10.4. The number of rotatable bonds is 3. The van der Waals surface area contributed by atoms with Crippen LogP contribution in [-0.2, 0) is 6.18 Å². The van der Waals surface area contributed by atoms with Crippen LogP contribution in [0, 0.1) is 5.82 Å². The fraction of sp³-hybridized carbons (Fsp3) is 0.231. The van der Waals surface area contributed by atoms with Gasteiger partial charge in [0.25, 0.3) is 0 Å². The molecule has 0 spiro atoms.